The molecular formula is C16H21NO3. The molecule has 1 fully saturated rings. The molecule has 1 aromatic carbocycles. The summed E-state index contributed by atoms with van der Waals surface area (Å²) in [5, 5.41) is 8.89. The molecule has 0 bridgehead atoms. The Morgan fingerprint density at radius 3 is 2.55 bits per heavy atom. The average molecular weight is 275 g/mol. The van der Waals surface area contributed by atoms with E-state index in [-0.39, 0.29) is 5.78 Å². The van der Waals surface area contributed by atoms with Crippen molar-refractivity contribution in [1.29, 1.82) is 0 Å². The van der Waals surface area contributed by atoms with Crippen LogP contribution < -0.4 is 0 Å². The monoisotopic (exact) mass is 275 g/mol. The fourth-order valence-electron chi connectivity index (χ4n) is 2.82. The summed E-state index contributed by atoms with van der Waals surface area (Å²) in [5.41, 5.74) is 1.41. The maximum Gasteiger partial charge on any atom is 0.335 e. The molecule has 20 heavy (non-hydrogen) atoms. The number of ketones is 1. The molecule has 0 spiro atoms. The molecule has 2 rings (SSSR count). The molecule has 1 aliphatic rings. The lowest BCUT2D eigenvalue weighted by Crippen LogP contribution is -2.39. The van der Waals surface area contributed by atoms with Gasteiger partial charge in [-0.2, -0.15) is 0 Å². The fraction of sp³-hybridized carbons (Fsp3) is 0.500. The van der Waals surface area contributed by atoms with E-state index in [4.69, 9.17) is 5.11 Å². The van der Waals surface area contributed by atoms with Gasteiger partial charge in [0.15, 0.2) is 0 Å². The highest BCUT2D eigenvalue weighted by atomic mass is 16.4. The van der Waals surface area contributed by atoms with Crippen molar-refractivity contribution in [2.24, 2.45) is 0 Å². The lowest BCUT2D eigenvalue weighted by Gasteiger charge is -2.35. The Morgan fingerprint density at radius 2 is 1.95 bits per heavy atom. The molecule has 1 aliphatic heterocycles. The SMILES string of the molecule is CC(=O)CC1CCCCN1Cc1ccc(C(=O)O)cc1. The van der Waals surface area contributed by atoms with Crippen molar-refractivity contribution in [3.8, 4) is 0 Å². The molecule has 0 aliphatic carbocycles. The number of piperidine rings is 1. The maximum atomic E-state index is 11.3. The second kappa shape index (κ2) is 6.66. The van der Waals surface area contributed by atoms with Crippen LogP contribution in [-0.4, -0.2) is 34.3 Å². The zero-order valence-corrected chi connectivity index (χ0v) is 11.8. The van der Waals surface area contributed by atoms with Crippen molar-refractivity contribution in [1.82, 2.24) is 4.90 Å². The summed E-state index contributed by atoms with van der Waals surface area (Å²) in [5.74, 6) is -0.660. The first-order valence-electron chi connectivity index (χ1n) is 7.12. The number of benzene rings is 1. The Balaban J connectivity index is 2.02. The number of carboxylic acid groups (broad SMARTS) is 1. The minimum absolute atomic E-state index is 0.239. The van der Waals surface area contributed by atoms with Crippen LogP contribution in [0.3, 0.4) is 0 Å². The number of hydrogen-bond donors (Lipinski definition) is 1. The summed E-state index contributed by atoms with van der Waals surface area (Å²) in [6, 6.07) is 7.34. The van der Waals surface area contributed by atoms with Gasteiger partial charge in [0.05, 0.1) is 5.56 Å². The Hall–Kier alpha value is -1.68. The van der Waals surface area contributed by atoms with Crippen molar-refractivity contribution < 1.29 is 14.7 Å². The third kappa shape index (κ3) is 3.90. The standard InChI is InChI=1S/C16H21NO3/c1-12(18)10-15-4-2-3-9-17(15)11-13-5-7-14(8-6-13)16(19)20/h5-8,15H,2-4,9-11H2,1H3,(H,19,20). The molecule has 108 valence electrons. The van der Waals surface area contributed by atoms with Crippen molar-refractivity contribution in [2.45, 2.75) is 45.2 Å². The summed E-state index contributed by atoms with van der Waals surface area (Å²) in [4.78, 5) is 24.5. The Kier molecular flexibility index (Phi) is 4.90. The van der Waals surface area contributed by atoms with Gasteiger partial charge in [-0.3, -0.25) is 9.69 Å². The van der Waals surface area contributed by atoms with E-state index in [1.54, 1.807) is 19.1 Å². The third-order valence-electron chi connectivity index (χ3n) is 3.86. The molecule has 1 N–H and O–H groups in total. The summed E-state index contributed by atoms with van der Waals surface area (Å²) in [6.45, 7) is 3.45. The quantitative estimate of drug-likeness (QED) is 0.897. The van der Waals surface area contributed by atoms with Crippen LogP contribution in [0, 0.1) is 0 Å². The molecule has 4 nitrogen and oxygen atoms in total. The van der Waals surface area contributed by atoms with Gasteiger partial charge in [-0.15, -0.1) is 0 Å². The number of carbonyl (C=O) groups is 2. The average Bonchev–Trinajstić information content (AvgIpc) is 2.41. The van der Waals surface area contributed by atoms with Gasteiger partial charge in [-0.25, -0.2) is 4.79 Å². The van der Waals surface area contributed by atoms with Crippen molar-refractivity contribution in [2.75, 3.05) is 6.54 Å². The topological polar surface area (TPSA) is 57.6 Å². The first kappa shape index (κ1) is 14.7. The summed E-state index contributed by atoms with van der Waals surface area (Å²) in [6.07, 6.45) is 4.05. The highest BCUT2D eigenvalue weighted by Crippen LogP contribution is 2.22. The second-order valence-electron chi connectivity index (χ2n) is 5.53. The van der Waals surface area contributed by atoms with E-state index in [1.807, 2.05) is 12.1 Å². The fourth-order valence-corrected chi connectivity index (χ4v) is 2.82. The maximum absolute atomic E-state index is 11.3. The molecule has 4 heteroatoms. The van der Waals surface area contributed by atoms with Crippen LogP contribution in [0.4, 0.5) is 0 Å². The van der Waals surface area contributed by atoms with Crippen LogP contribution in [0.5, 0.6) is 0 Å². The van der Waals surface area contributed by atoms with Gasteiger partial charge in [0.25, 0.3) is 0 Å². The zero-order valence-electron chi connectivity index (χ0n) is 11.8. The first-order valence-corrected chi connectivity index (χ1v) is 7.12. The van der Waals surface area contributed by atoms with Crippen LogP contribution in [0.25, 0.3) is 0 Å². The third-order valence-corrected chi connectivity index (χ3v) is 3.86. The summed E-state index contributed by atoms with van der Waals surface area (Å²) in [7, 11) is 0. The van der Waals surface area contributed by atoms with Crippen LogP contribution in [0.2, 0.25) is 0 Å². The number of carboxylic acids is 1. The predicted molar refractivity (Wildman–Crippen MR) is 76.7 cm³/mol. The number of carbonyl (C=O) groups excluding carboxylic acids is 1. The molecule has 0 radical (unpaired) electrons. The minimum atomic E-state index is -0.899. The van der Waals surface area contributed by atoms with E-state index >= 15 is 0 Å². The molecule has 1 saturated heterocycles. The van der Waals surface area contributed by atoms with E-state index < -0.39 is 5.97 Å². The molecule has 1 aromatic rings. The number of aromatic carboxylic acids is 1. The van der Waals surface area contributed by atoms with Crippen molar-refractivity contribution in [3.63, 3.8) is 0 Å². The van der Waals surface area contributed by atoms with Crippen molar-refractivity contribution in [3.05, 3.63) is 35.4 Å². The minimum Gasteiger partial charge on any atom is -0.478 e. The largest absolute Gasteiger partial charge is 0.478 e. The molecule has 1 heterocycles. The zero-order chi connectivity index (χ0) is 14.5. The first-order chi connectivity index (χ1) is 9.56. The Morgan fingerprint density at radius 1 is 1.25 bits per heavy atom. The smallest absolute Gasteiger partial charge is 0.335 e. The molecule has 1 atom stereocenters. The van der Waals surface area contributed by atoms with E-state index in [9.17, 15) is 9.59 Å². The van der Waals surface area contributed by atoms with Gasteiger partial charge >= 0.3 is 5.97 Å². The number of likely N-dealkylation sites (tertiary alicyclic amines) is 1. The van der Waals surface area contributed by atoms with Crippen LogP contribution in [0.1, 0.15) is 48.5 Å². The van der Waals surface area contributed by atoms with Gasteiger partial charge in [0.1, 0.15) is 5.78 Å². The van der Waals surface area contributed by atoms with Gasteiger partial charge < -0.3 is 5.11 Å². The number of hydrogen-bond acceptors (Lipinski definition) is 3. The molecule has 1 unspecified atom stereocenters. The van der Waals surface area contributed by atoms with E-state index in [1.165, 1.54) is 12.8 Å². The predicted octanol–water partition coefficient (Wildman–Crippen LogP) is 2.72. The lowest BCUT2D eigenvalue weighted by molar-refractivity contribution is -0.118. The summed E-state index contributed by atoms with van der Waals surface area (Å²) >= 11 is 0. The van der Waals surface area contributed by atoms with Gasteiger partial charge in [0.2, 0.25) is 0 Å². The molecular weight excluding hydrogens is 254 g/mol. The highest BCUT2D eigenvalue weighted by molar-refractivity contribution is 5.87. The normalized spacial score (nSPS) is 19.8. The van der Waals surface area contributed by atoms with Gasteiger partial charge in [0, 0.05) is 19.0 Å². The molecule has 0 amide bonds. The van der Waals surface area contributed by atoms with E-state index in [2.05, 4.69) is 4.90 Å². The number of nitrogens with zero attached hydrogens (tertiary/aromatic N) is 1. The summed E-state index contributed by atoms with van der Waals surface area (Å²) < 4.78 is 0. The molecule has 0 saturated carbocycles. The van der Waals surface area contributed by atoms with E-state index in [0.29, 0.717) is 18.0 Å². The van der Waals surface area contributed by atoms with Gasteiger partial charge in [-0.1, -0.05) is 18.6 Å². The number of Topliss-reactive ketones (excluding diaryl/α,β-unsaturated/α-hetero) is 1. The second-order valence-corrected chi connectivity index (χ2v) is 5.53. The number of rotatable bonds is 5. The highest BCUT2D eigenvalue weighted by Gasteiger charge is 2.23. The van der Waals surface area contributed by atoms with Crippen LogP contribution >= 0.6 is 0 Å². The van der Waals surface area contributed by atoms with Gasteiger partial charge in [-0.05, 0) is 44.0 Å². The van der Waals surface area contributed by atoms with Crippen molar-refractivity contribution >= 4 is 11.8 Å². The lowest BCUT2D eigenvalue weighted by atomic mass is 9.97. The van der Waals surface area contributed by atoms with Crippen LogP contribution in [-0.2, 0) is 11.3 Å². The Labute approximate surface area is 119 Å². The Bertz CT molecular complexity index is 481. The van der Waals surface area contributed by atoms with Crippen LogP contribution in [0.15, 0.2) is 24.3 Å². The van der Waals surface area contributed by atoms with E-state index in [0.717, 1.165) is 25.1 Å². The molecule has 0 aromatic heterocycles.